The predicted octanol–water partition coefficient (Wildman–Crippen LogP) is 1.44. The molecule has 0 spiro atoms. The number of nitriles is 1. The van der Waals surface area contributed by atoms with Gasteiger partial charge in [0.2, 0.25) is 5.91 Å². The summed E-state index contributed by atoms with van der Waals surface area (Å²) >= 11 is 0. The van der Waals surface area contributed by atoms with Crippen LogP contribution in [0.4, 0.5) is 17.2 Å². The Labute approximate surface area is 109 Å². The molecule has 1 amide bonds. The average Bonchev–Trinajstić information content (AvgIpc) is 2.46. The van der Waals surface area contributed by atoms with E-state index in [2.05, 4.69) is 15.3 Å². The summed E-state index contributed by atoms with van der Waals surface area (Å²) in [5.41, 5.74) is 1.71. The first-order valence-electron chi connectivity index (χ1n) is 5.67. The molecule has 6 heteroatoms. The van der Waals surface area contributed by atoms with Gasteiger partial charge < -0.3 is 10.2 Å². The van der Waals surface area contributed by atoms with E-state index in [9.17, 15) is 4.79 Å². The smallest absolute Gasteiger partial charge is 0.244 e. The molecule has 0 radical (unpaired) electrons. The number of fused-ring (bicyclic) bond motifs is 1. The van der Waals surface area contributed by atoms with Crippen LogP contribution in [0.1, 0.15) is 5.69 Å². The lowest BCUT2D eigenvalue weighted by atomic mass is 10.2. The number of amides is 1. The molecule has 1 aliphatic heterocycles. The monoisotopic (exact) mass is 251 g/mol. The molecule has 1 aromatic heterocycles. The first-order chi connectivity index (χ1) is 9.29. The maximum Gasteiger partial charge on any atom is 0.244 e. The molecule has 92 valence electrons. The number of hydrogen-bond acceptors (Lipinski definition) is 5. The highest BCUT2D eigenvalue weighted by molar-refractivity contribution is 6.03. The molecule has 0 unspecified atom stereocenters. The maximum atomic E-state index is 11.7. The molecule has 0 atom stereocenters. The van der Waals surface area contributed by atoms with Crippen LogP contribution in [-0.4, -0.2) is 22.4 Å². The molecule has 2 aromatic rings. The summed E-state index contributed by atoms with van der Waals surface area (Å²) in [7, 11) is 0. The molecule has 0 aliphatic carbocycles. The molecule has 19 heavy (non-hydrogen) atoms. The topological polar surface area (TPSA) is 81.9 Å². The molecule has 1 aliphatic rings. The number of hydrogen-bond donors (Lipinski definition) is 1. The van der Waals surface area contributed by atoms with Crippen molar-refractivity contribution in [2.24, 2.45) is 0 Å². The highest BCUT2D eigenvalue weighted by atomic mass is 16.2. The molecule has 2 heterocycles. The summed E-state index contributed by atoms with van der Waals surface area (Å²) in [5, 5.41) is 11.9. The van der Waals surface area contributed by atoms with Gasteiger partial charge in [0.1, 0.15) is 12.6 Å². The molecule has 0 bridgehead atoms. The van der Waals surface area contributed by atoms with Crippen molar-refractivity contribution in [2.75, 3.05) is 16.8 Å². The molecule has 3 rings (SSSR count). The van der Waals surface area contributed by atoms with Crippen molar-refractivity contribution in [3.8, 4) is 6.07 Å². The van der Waals surface area contributed by atoms with Crippen LogP contribution in [0.2, 0.25) is 0 Å². The third-order valence-corrected chi connectivity index (χ3v) is 2.81. The summed E-state index contributed by atoms with van der Waals surface area (Å²) in [6.07, 6.45) is 2.96. The van der Waals surface area contributed by atoms with Crippen LogP contribution in [0, 0.1) is 11.3 Å². The number of carbonyl (C=O) groups excluding carboxylic acids is 1. The third kappa shape index (κ3) is 1.87. The van der Waals surface area contributed by atoms with Gasteiger partial charge in [0.25, 0.3) is 0 Å². The molecule has 6 nitrogen and oxygen atoms in total. The van der Waals surface area contributed by atoms with Gasteiger partial charge in [-0.05, 0) is 12.1 Å². The second-order valence-electron chi connectivity index (χ2n) is 3.99. The van der Waals surface area contributed by atoms with Gasteiger partial charge in [-0.15, -0.1) is 0 Å². The SMILES string of the molecule is N#Cc1nccnc1N1CC(=O)Nc2ccccc21. The molecular formula is C13H9N5O. The first kappa shape index (κ1) is 11.2. The van der Waals surface area contributed by atoms with Crippen LogP contribution >= 0.6 is 0 Å². The number of benzene rings is 1. The van der Waals surface area contributed by atoms with Crippen molar-refractivity contribution in [1.82, 2.24) is 9.97 Å². The second-order valence-corrected chi connectivity index (χ2v) is 3.99. The van der Waals surface area contributed by atoms with Gasteiger partial charge in [-0.25, -0.2) is 9.97 Å². The van der Waals surface area contributed by atoms with Crippen molar-refractivity contribution in [3.05, 3.63) is 42.4 Å². The van der Waals surface area contributed by atoms with Crippen LogP contribution in [0.5, 0.6) is 0 Å². The van der Waals surface area contributed by atoms with Crippen LogP contribution in [0.3, 0.4) is 0 Å². The third-order valence-electron chi connectivity index (χ3n) is 2.81. The Bertz CT molecular complexity index is 691. The van der Waals surface area contributed by atoms with Crippen LogP contribution in [0.25, 0.3) is 0 Å². The van der Waals surface area contributed by atoms with E-state index in [-0.39, 0.29) is 18.1 Å². The summed E-state index contributed by atoms with van der Waals surface area (Å²) in [6, 6.07) is 9.37. The van der Waals surface area contributed by atoms with Crippen LogP contribution in [0.15, 0.2) is 36.7 Å². The van der Waals surface area contributed by atoms with E-state index in [0.29, 0.717) is 11.5 Å². The van der Waals surface area contributed by atoms with Gasteiger partial charge in [0, 0.05) is 12.4 Å². The predicted molar refractivity (Wildman–Crippen MR) is 68.8 cm³/mol. The van der Waals surface area contributed by atoms with E-state index >= 15 is 0 Å². The maximum absolute atomic E-state index is 11.7. The highest BCUT2D eigenvalue weighted by Gasteiger charge is 2.25. The molecule has 0 saturated carbocycles. The molecule has 0 saturated heterocycles. The Morgan fingerprint density at radius 2 is 2.05 bits per heavy atom. The Balaban J connectivity index is 2.16. The Kier molecular flexibility index (Phi) is 2.58. The fourth-order valence-electron chi connectivity index (χ4n) is 2.03. The van der Waals surface area contributed by atoms with Gasteiger partial charge >= 0.3 is 0 Å². The van der Waals surface area contributed by atoms with Gasteiger partial charge in [0.05, 0.1) is 11.4 Å². The lowest BCUT2D eigenvalue weighted by Crippen LogP contribution is -2.35. The largest absolute Gasteiger partial charge is 0.323 e. The number of para-hydroxylation sites is 2. The van der Waals surface area contributed by atoms with Crippen molar-refractivity contribution in [3.63, 3.8) is 0 Å². The van der Waals surface area contributed by atoms with Crippen LogP contribution in [-0.2, 0) is 4.79 Å². The lowest BCUT2D eigenvalue weighted by molar-refractivity contribution is -0.115. The first-order valence-corrected chi connectivity index (χ1v) is 5.67. The minimum Gasteiger partial charge on any atom is -0.323 e. The number of rotatable bonds is 1. The van der Waals surface area contributed by atoms with E-state index in [1.165, 1.54) is 12.4 Å². The molecule has 1 aromatic carbocycles. The van der Waals surface area contributed by atoms with E-state index in [1.54, 1.807) is 4.90 Å². The zero-order valence-electron chi connectivity index (χ0n) is 9.87. The minimum absolute atomic E-state index is 0.115. The van der Waals surface area contributed by atoms with Crippen molar-refractivity contribution in [2.45, 2.75) is 0 Å². The number of aromatic nitrogens is 2. The summed E-state index contributed by atoms with van der Waals surface area (Å²) in [5.74, 6) is 0.251. The number of nitrogens with zero attached hydrogens (tertiary/aromatic N) is 4. The van der Waals surface area contributed by atoms with Gasteiger partial charge in [-0.3, -0.25) is 4.79 Å². The zero-order valence-corrected chi connectivity index (χ0v) is 9.87. The molecular weight excluding hydrogens is 242 g/mol. The number of carbonyl (C=O) groups is 1. The quantitative estimate of drug-likeness (QED) is 0.829. The Morgan fingerprint density at radius 3 is 2.89 bits per heavy atom. The Hall–Kier alpha value is -2.94. The van der Waals surface area contributed by atoms with Crippen LogP contribution < -0.4 is 10.2 Å². The van der Waals surface area contributed by atoms with Gasteiger partial charge in [-0.2, -0.15) is 5.26 Å². The lowest BCUT2D eigenvalue weighted by Gasteiger charge is -2.29. The molecule has 1 N–H and O–H groups in total. The summed E-state index contributed by atoms with van der Waals surface area (Å²) < 4.78 is 0. The van der Waals surface area contributed by atoms with E-state index in [0.717, 1.165) is 5.69 Å². The van der Waals surface area contributed by atoms with E-state index < -0.39 is 0 Å². The van der Waals surface area contributed by atoms with Crippen molar-refractivity contribution < 1.29 is 4.79 Å². The fourth-order valence-corrected chi connectivity index (χ4v) is 2.03. The average molecular weight is 251 g/mol. The highest BCUT2D eigenvalue weighted by Crippen LogP contribution is 2.34. The van der Waals surface area contributed by atoms with Crippen molar-refractivity contribution in [1.29, 1.82) is 5.26 Å². The molecule has 0 fully saturated rings. The summed E-state index contributed by atoms with van der Waals surface area (Å²) in [6.45, 7) is 0.115. The standard InChI is InChI=1S/C13H9N5O/c14-7-10-13(16-6-5-15-10)18-8-12(19)17-9-3-1-2-4-11(9)18/h1-6H,8H2,(H,17,19). The number of anilines is 3. The zero-order chi connectivity index (χ0) is 13.2. The van der Waals surface area contributed by atoms with Gasteiger partial charge in [-0.1, -0.05) is 12.1 Å². The van der Waals surface area contributed by atoms with E-state index in [4.69, 9.17) is 5.26 Å². The number of nitrogens with one attached hydrogen (secondary N) is 1. The summed E-state index contributed by atoms with van der Waals surface area (Å²) in [4.78, 5) is 21.6. The minimum atomic E-state index is -0.145. The second kappa shape index (κ2) is 4.38. The van der Waals surface area contributed by atoms with E-state index in [1.807, 2.05) is 30.3 Å². The normalized spacial score (nSPS) is 13.4. The van der Waals surface area contributed by atoms with Gasteiger partial charge in [0.15, 0.2) is 11.5 Å². The fraction of sp³-hybridized carbons (Fsp3) is 0.0769. The Morgan fingerprint density at radius 1 is 1.26 bits per heavy atom. The van der Waals surface area contributed by atoms with Crippen molar-refractivity contribution >= 4 is 23.1 Å².